The first-order valence-electron chi connectivity index (χ1n) is 10.7. The van der Waals surface area contributed by atoms with Gasteiger partial charge in [0.05, 0.1) is 18.0 Å². The Morgan fingerprint density at radius 2 is 2.16 bits per heavy atom. The van der Waals surface area contributed by atoms with E-state index in [9.17, 15) is 24.9 Å². The molecule has 0 amide bonds. The molecule has 5 rings (SSSR count). The highest BCUT2D eigenvalue weighted by atomic mass is 19.1. The number of hydrogen-bond donors (Lipinski definition) is 4. The van der Waals surface area contributed by atoms with Crippen molar-refractivity contribution >= 4 is 34.9 Å². The Bertz CT molecular complexity index is 1590. The third-order valence-electron chi connectivity index (χ3n) is 6.56. The average molecular weight is 525 g/mol. The Labute approximate surface area is 210 Å². The molecule has 1 saturated carbocycles. The fourth-order valence-electron chi connectivity index (χ4n) is 4.59. The summed E-state index contributed by atoms with van der Waals surface area (Å²) in [5.41, 5.74) is 8.84. The van der Waals surface area contributed by atoms with Crippen molar-refractivity contribution in [3.63, 3.8) is 0 Å². The summed E-state index contributed by atoms with van der Waals surface area (Å²) in [6.07, 6.45) is -3.02. The molecule has 1 aromatic carbocycles. The number of ether oxygens (including phenoxy) is 2. The number of fused-ring (bicyclic) bond motifs is 2. The van der Waals surface area contributed by atoms with Gasteiger partial charge in [-0.1, -0.05) is 12.1 Å². The number of nitrogens with two attached hydrogens (primary N) is 1. The summed E-state index contributed by atoms with van der Waals surface area (Å²) in [6, 6.07) is 7.41. The second kappa shape index (κ2) is 8.33. The molecule has 17 heteroatoms. The standard InChI is InChI=1S/C21H16FN9O7/c22-20(31-8-26-11-14(24)27-18(29-30-25)28-15(11)31)7-37-12-13(21(12,20)36)38-19(16(32)33,17(34)35)5-9-2-1-3-10(4-9)6-23/h1-4,8,12-13,36H,5,7H2,(H,32,33)(H,34,35)(H2,24,27,28)/t12-,13?,20+,21+/m1/s1. The lowest BCUT2D eigenvalue weighted by atomic mass is 9.93. The molecule has 1 aliphatic heterocycles. The van der Waals surface area contributed by atoms with Crippen molar-refractivity contribution in [1.82, 2.24) is 19.5 Å². The summed E-state index contributed by atoms with van der Waals surface area (Å²) in [6.45, 7) is -0.766. The minimum atomic E-state index is -2.97. The van der Waals surface area contributed by atoms with Crippen molar-refractivity contribution in [2.75, 3.05) is 12.3 Å². The number of nitrogen functional groups attached to an aromatic ring is 1. The summed E-state index contributed by atoms with van der Waals surface area (Å²) >= 11 is 0. The number of aliphatic carboxylic acids is 2. The van der Waals surface area contributed by atoms with E-state index < -0.39 is 60.1 Å². The zero-order valence-electron chi connectivity index (χ0n) is 19.0. The maximum absolute atomic E-state index is 16.6. The molecule has 2 aromatic heterocycles. The Kier molecular flexibility index (Phi) is 5.43. The van der Waals surface area contributed by atoms with E-state index in [1.165, 1.54) is 24.3 Å². The van der Waals surface area contributed by atoms with E-state index in [2.05, 4.69) is 25.0 Å². The van der Waals surface area contributed by atoms with Gasteiger partial charge in [-0.15, -0.1) is 0 Å². The number of rotatable bonds is 8. The van der Waals surface area contributed by atoms with Gasteiger partial charge < -0.3 is 30.5 Å². The molecule has 16 nitrogen and oxygen atoms in total. The number of halogens is 1. The molecule has 1 saturated heterocycles. The first-order chi connectivity index (χ1) is 18.0. The van der Waals surface area contributed by atoms with E-state index in [-0.39, 0.29) is 28.1 Å². The number of aromatic nitrogens is 4. The minimum absolute atomic E-state index is 0.0909. The fourth-order valence-corrected chi connectivity index (χ4v) is 4.59. The van der Waals surface area contributed by atoms with Crippen LogP contribution >= 0.6 is 0 Å². The number of hydrogen-bond acceptors (Lipinski definition) is 11. The Hall–Kier alpha value is -4.88. The summed E-state index contributed by atoms with van der Waals surface area (Å²) in [7, 11) is 0. The van der Waals surface area contributed by atoms with Gasteiger partial charge in [-0.3, -0.25) is 4.57 Å². The van der Waals surface area contributed by atoms with Gasteiger partial charge in [0.15, 0.2) is 17.1 Å². The number of carboxylic acid groups (broad SMARTS) is 2. The smallest absolute Gasteiger partial charge is 0.348 e. The molecule has 3 aromatic rings. The van der Waals surface area contributed by atoms with Crippen LogP contribution in [0.15, 0.2) is 35.7 Å². The molecule has 1 aliphatic carbocycles. The third kappa shape index (κ3) is 3.33. The van der Waals surface area contributed by atoms with Crippen LogP contribution in [0.25, 0.3) is 21.6 Å². The lowest BCUT2D eigenvalue weighted by Gasteiger charge is -2.31. The van der Waals surface area contributed by atoms with E-state index in [0.717, 1.165) is 10.9 Å². The molecule has 1 unspecified atom stereocenters. The van der Waals surface area contributed by atoms with Crippen LogP contribution in [0.1, 0.15) is 11.1 Å². The second-order valence-corrected chi connectivity index (χ2v) is 8.67. The molecule has 0 spiro atoms. The van der Waals surface area contributed by atoms with Crippen LogP contribution in [-0.2, 0) is 31.3 Å². The van der Waals surface area contributed by atoms with Crippen molar-refractivity contribution < 1.29 is 38.8 Å². The van der Waals surface area contributed by atoms with E-state index in [1.54, 1.807) is 0 Å². The number of carboxylic acids is 2. The fraction of sp³-hybridized carbons (Fsp3) is 0.333. The number of alkyl halides is 1. The highest BCUT2D eigenvalue weighted by Crippen LogP contribution is 2.60. The van der Waals surface area contributed by atoms with Gasteiger partial charge in [0.2, 0.25) is 11.7 Å². The van der Waals surface area contributed by atoms with Crippen molar-refractivity contribution in [3.05, 3.63) is 52.2 Å². The lowest BCUT2D eigenvalue weighted by Crippen LogP contribution is -2.54. The summed E-state index contributed by atoms with van der Waals surface area (Å²) in [5.74, 6) is -7.42. The third-order valence-corrected chi connectivity index (χ3v) is 6.56. The first kappa shape index (κ1) is 24.8. The predicted octanol–water partition coefficient (Wildman–Crippen LogP) is 0.524. The topological polar surface area (TPSA) is 255 Å². The van der Waals surface area contributed by atoms with E-state index in [1.807, 2.05) is 6.07 Å². The van der Waals surface area contributed by atoms with Crippen LogP contribution in [0.2, 0.25) is 0 Å². The molecule has 0 bridgehead atoms. The molecule has 0 radical (unpaired) electrons. The number of carbonyl (C=O) groups is 2. The molecule has 5 N–H and O–H groups in total. The number of anilines is 1. The minimum Gasteiger partial charge on any atom is -0.479 e. The van der Waals surface area contributed by atoms with Crippen LogP contribution in [0, 0.1) is 11.3 Å². The average Bonchev–Trinajstić information content (AvgIpc) is 3.14. The molecule has 2 aliphatic rings. The first-order valence-corrected chi connectivity index (χ1v) is 10.7. The summed E-state index contributed by atoms with van der Waals surface area (Å²) in [5, 5.41) is 43.5. The normalized spacial score (nSPS) is 25.8. The second-order valence-electron chi connectivity index (χ2n) is 8.67. The number of nitriles is 1. The molecule has 3 heterocycles. The highest BCUT2D eigenvalue weighted by molar-refractivity contribution is 6.02. The Balaban J connectivity index is 1.53. The van der Waals surface area contributed by atoms with Gasteiger partial charge in [-0.25, -0.2) is 28.9 Å². The van der Waals surface area contributed by atoms with Gasteiger partial charge in [0.1, 0.15) is 24.3 Å². The Morgan fingerprint density at radius 1 is 1.42 bits per heavy atom. The van der Waals surface area contributed by atoms with Crippen LogP contribution in [0.4, 0.5) is 16.2 Å². The van der Waals surface area contributed by atoms with Gasteiger partial charge in [-0.05, 0) is 28.3 Å². The van der Waals surface area contributed by atoms with Gasteiger partial charge in [0.25, 0.3) is 5.60 Å². The van der Waals surface area contributed by atoms with Gasteiger partial charge >= 0.3 is 11.9 Å². The molecule has 194 valence electrons. The molecule has 38 heavy (non-hydrogen) atoms. The van der Waals surface area contributed by atoms with E-state index in [4.69, 9.17) is 26.0 Å². The number of imidazole rings is 1. The van der Waals surface area contributed by atoms with Crippen LogP contribution in [-0.4, -0.2) is 76.8 Å². The molecule has 2 fully saturated rings. The maximum atomic E-state index is 16.6. The van der Waals surface area contributed by atoms with Crippen LogP contribution in [0.5, 0.6) is 0 Å². The largest absolute Gasteiger partial charge is 0.479 e. The molecular weight excluding hydrogens is 509 g/mol. The zero-order valence-corrected chi connectivity index (χ0v) is 19.0. The summed E-state index contributed by atoms with van der Waals surface area (Å²) in [4.78, 5) is 38.6. The maximum Gasteiger partial charge on any atom is 0.348 e. The van der Waals surface area contributed by atoms with E-state index in [0.29, 0.717) is 0 Å². The number of aliphatic hydroxyl groups is 1. The SMILES string of the molecule is N#Cc1cccc(CC(OC2[C@H]3OC[C@](F)(n4cnc5c(N)nc(N=[N+]=[N-])nc54)[C@@]23O)(C(=O)O)C(=O)O)c1. The predicted molar refractivity (Wildman–Crippen MR) is 120 cm³/mol. The van der Waals surface area contributed by atoms with Crippen LogP contribution < -0.4 is 5.73 Å². The van der Waals surface area contributed by atoms with Crippen LogP contribution in [0.3, 0.4) is 0 Å². The quantitative estimate of drug-likeness (QED) is 0.136. The van der Waals surface area contributed by atoms with Crippen molar-refractivity contribution in [1.29, 1.82) is 5.26 Å². The number of azide groups is 1. The van der Waals surface area contributed by atoms with Crippen molar-refractivity contribution in [2.45, 2.75) is 35.6 Å². The van der Waals surface area contributed by atoms with Crippen molar-refractivity contribution in [2.24, 2.45) is 5.11 Å². The zero-order chi connectivity index (χ0) is 27.5. The van der Waals surface area contributed by atoms with Gasteiger partial charge in [-0.2, -0.15) is 5.26 Å². The Morgan fingerprint density at radius 3 is 2.82 bits per heavy atom. The number of benzene rings is 1. The number of nitrogens with zero attached hydrogens (tertiary/aromatic N) is 8. The monoisotopic (exact) mass is 525 g/mol. The molecular formula is C21H16FN9O7. The molecule has 4 atom stereocenters. The lowest BCUT2D eigenvalue weighted by molar-refractivity contribution is -0.198. The van der Waals surface area contributed by atoms with Crippen molar-refractivity contribution in [3.8, 4) is 6.07 Å². The van der Waals surface area contributed by atoms with Gasteiger partial charge in [0, 0.05) is 11.3 Å². The van der Waals surface area contributed by atoms with E-state index >= 15 is 4.39 Å². The summed E-state index contributed by atoms with van der Waals surface area (Å²) < 4.78 is 28.1. The highest BCUT2D eigenvalue weighted by Gasteiger charge is 2.85.